The maximum Gasteiger partial charge on any atom is 0.173 e. The predicted octanol–water partition coefficient (Wildman–Crippen LogP) is 5.01. The molecule has 4 unspecified atom stereocenters. The first-order chi connectivity index (χ1) is 16.9. The number of aliphatic hydroxyl groups is 2. The number of hydrogen-bond acceptors (Lipinski definition) is 5. The van der Waals surface area contributed by atoms with Gasteiger partial charge in [0.2, 0.25) is 0 Å². The Morgan fingerprint density at radius 1 is 0.886 bits per heavy atom. The molecule has 1 aliphatic heterocycles. The van der Waals surface area contributed by atoms with Gasteiger partial charge in [0.05, 0.1) is 12.2 Å². The second kappa shape index (κ2) is 14.4. The van der Waals surface area contributed by atoms with Crippen molar-refractivity contribution >= 4 is 5.78 Å². The smallest absolute Gasteiger partial charge is 0.173 e. The molecule has 1 aliphatic rings. The summed E-state index contributed by atoms with van der Waals surface area (Å²) < 4.78 is 11.0. The van der Waals surface area contributed by atoms with Gasteiger partial charge in [0.15, 0.2) is 5.78 Å². The van der Waals surface area contributed by atoms with E-state index in [0.717, 1.165) is 37.7 Å². The van der Waals surface area contributed by atoms with E-state index in [1.165, 1.54) is 5.56 Å². The SMILES string of the molecule is CC(Cc1ccccc1)C(O)CCCC(O)C(C)Cc1ccc(OCC(=O)C2CCOCC2)cc1. The van der Waals surface area contributed by atoms with Crippen LogP contribution in [0.1, 0.15) is 57.1 Å². The van der Waals surface area contributed by atoms with E-state index >= 15 is 0 Å². The zero-order chi connectivity index (χ0) is 25.0. The summed E-state index contributed by atoms with van der Waals surface area (Å²) in [5.74, 6) is 1.21. The molecule has 0 aliphatic carbocycles. The van der Waals surface area contributed by atoms with Gasteiger partial charge < -0.3 is 19.7 Å². The second-order valence-corrected chi connectivity index (χ2v) is 10.2. The van der Waals surface area contributed by atoms with Crippen molar-refractivity contribution in [3.05, 3.63) is 65.7 Å². The number of carbonyl (C=O) groups is 1. The Balaban J connectivity index is 1.34. The van der Waals surface area contributed by atoms with Crippen molar-refractivity contribution in [1.29, 1.82) is 0 Å². The first kappa shape index (κ1) is 27.4. The van der Waals surface area contributed by atoms with Gasteiger partial charge in [-0.3, -0.25) is 4.79 Å². The van der Waals surface area contributed by atoms with Gasteiger partial charge in [0.25, 0.3) is 0 Å². The summed E-state index contributed by atoms with van der Waals surface area (Å²) in [6, 6.07) is 18.1. The Labute approximate surface area is 210 Å². The van der Waals surface area contributed by atoms with Crippen molar-refractivity contribution in [1.82, 2.24) is 0 Å². The normalized spacial score (nSPS) is 17.9. The lowest BCUT2D eigenvalue weighted by Gasteiger charge is -2.22. The lowest BCUT2D eigenvalue weighted by molar-refractivity contribution is -0.127. The molecule has 1 saturated heterocycles. The van der Waals surface area contributed by atoms with E-state index in [4.69, 9.17) is 9.47 Å². The fourth-order valence-corrected chi connectivity index (χ4v) is 4.75. The van der Waals surface area contributed by atoms with E-state index in [0.29, 0.717) is 31.8 Å². The van der Waals surface area contributed by atoms with Crippen LogP contribution in [0.25, 0.3) is 0 Å². The van der Waals surface area contributed by atoms with Crippen molar-refractivity contribution in [3.63, 3.8) is 0 Å². The molecule has 4 atom stereocenters. The van der Waals surface area contributed by atoms with Crippen LogP contribution in [0.4, 0.5) is 0 Å². The van der Waals surface area contributed by atoms with Crippen LogP contribution >= 0.6 is 0 Å². The molecular weight excluding hydrogens is 440 g/mol. The monoisotopic (exact) mass is 482 g/mol. The number of Topliss-reactive ketones (excluding diaryl/α,β-unsaturated/α-hetero) is 1. The molecule has 2 aromatic carbocycles. The zero-order valence-corrected chi connectivity index (χ0v) is 21.3. The van der Waals surface area contributed by atoms with E-state index in [1.807, 2.05) is 42.5 Å². The lowest BCUT2D eigenvalue weighted by atomic mass is 9.89. The van der Waals surface area contributed by atoms with E-state index in [1.54, 1.807) is 0 Å². The van der Waals surface area contributed by atoms with Crippen LogP contribution in [0.15, 0.2) is 54.6 Å². The van der Waals surface area contributed by atoms with Crippen LogP contribution in [0.5, 0.6) is 5.75 Å². The van der Waals surface area contributed by atoms with Crippen molar-refractivity contribution in [2.45, 2.75) is 71.0 Å². The van der Waals surface area contributed by atoms with E-state index in [-0.39, 0.29) is 36.2 Å². The molecule has 0 bridgehead atoms. The highest BCUT2D eigenvalue weighted by molar-refractivity contribution is 5.82. The summed E-state index contributed by atoms with van der Waals surface area (Å²) in [7, 11) is 0. The van der Waals surface area contributed by atoms with Crippen LogP contribution in [0, 0.1) is 17.8 Å². The molecule has 0 radical (unpaired) electrons. The van der Waals surface area contributed by atoms with E-state index < -0.39 is 6.10 Å². The highest BCUT2D eigenvalue weighted by atomic mass is 16.5. The molecule has 2 aromatic rings. The first-order valence-corrected chi connectivity index (χ1v) is 13.1. The third-order valence-corrected chi connectivity index (χ3v) is 7.25. The maximum atomic E-state index is 12.3. The molecule has 3 rings (SSSR count). The predicted molar refractivity (Wildman–Crippen MR) is 139 cm³/mol. The molecule has 2 N–H and O–H groups in total. The lowest BCUT2D eigenvalue weighted by Crippen LogP contribution is -2.27. The fraction of sp³-hybridized carbons (Fsp3) is 0.567. The van der Waals surface area contributed by atoms with Gasteiger partial charge in [-0.2, -0.15) is 0 Å². The summed E-state index contributed by atoms with van der Waals surface area (Å²) in [4.78, 5) is 12.3. The number of carbonyl (C=O) groups excluding carboxylic acids is 1. The van der Waals surface area contributed by atoms with Gasteiger partial charge in [0, 0.05) is 19.1 Å². The Morgan fingerprint density at radius 3 is 2.00 bits per heavy atom. The van der Waals surface area contributed by atoms with Crippen LogP contribution in [-0.4, -0.2) is 48.0 Å². The molecule has 1 heterocycles. The average molecular weight is 483 g/mol. The van der Waals surface area contributed by atoms with Crippen LogP contribution in [-0.2, 0) is 22.4 Å². The number of hydrogen-bond donors (Lipinski definition) is 2. The molecule has 1 fully saturated rings. The zero-order valence-electron chi connectivity index (χ0n) is 21.3. The highest BCUT2D eigenvalue weighted by Gasteiger charge is 2.22. The number of aliphatic hydroxyl groups excluding tert-OH is 2. The average Bonchev–Trinajstić information content (AvgIpc) is 2.89. The number of ether oxygens (including phenoxy) is 2. The Bertz CT molecular complexity index is 860. The second-order valence-electron chi connectivity index (χ2n) is 10.2. The summed E-state index contributed by atoms with van der Waals surface area (Å²) in [5.41, 5.74) is 2.38. The van der Waals surface area contributed by atoms with Crippen LogP contribution < -0.4 is 4.74 Å². The fourth-order valence-electron chi connectivity index (χ4n) is 4.75. The molecule has 0 saturated carbocycles. The number of benzene rings is 2. The molecule has 0 spiro atoms. The Kier molecular flexibility index (Phi) is 11.2. The molecule has 192 valence electrons. The van der Waals surface area contributed by atoms with Gasteiger partial charge in [0.1, 0.15) is 12.4 Å². The first-order valence-electron chi connectivity index (χ1n) is 13.1. The van der Waals surface area contributed by atoms with Gasteiger partial charge in [-0.15, -0.1) is 0 Å². The third-order valence-electron chi connectivity index (χ3n) is 7.25. The molecule has 0 aromatic heterocycles. The van der Waals surface area contributed by atoms with Gasteiger partial charge in [-0.1, -0.05) is 56.3 Å². The topological polar surface area (TPSA) is 76.0 Å². The molecule has 0 amide bonds. The minimum absolute atomic E-state index is 0.0542. The Morgan fingerprint density at radius 2 is 1.43 bits per heavy atom. The molecule has 5 nitrogen and oxygen atoms in total. The van der Waals surface area contributed by atoms with Crippen LogP contribution in [0.3, 0.4) is 0 Å². The van der Waals surface area contributed by atoms with E-state index in [9.17, 15) is 15.0 Å². The number of rotatable bonds is 14. The molecule has 35 heavy (non-hydrogen) atoms. The minimum atomic E-state index is -0.403. The maximum absolute atomic E-state index is 12.3. The largest absolute Gasteiger partial charge is 0.486 e. The molecule has 5 heteroatoms. The van der Waals surface area contributed by atoms with Gasteiger partial charge in [-0.25, -0.2) is 0 Å². The quantitative estimate of drug-likeness (QED) is 0.396. The third kappa shape index (κ3) is 9.40. The summed E-state index contributed by atoms with van der Waals surface area (Å²) >= 11 is 0. The van der Waals surface area contributed by atoms with Gasteiger partial charge in [-0.05, 0) is 80.0 Å². The van der Waals surface area contributed by atoms with Crippen LogP contribution in [0.2, 0.25) is 0 Å². The molecular formula is C30H42O5. The standard InChI is InChI=1S/C30H42O5/c1-22(19-24-7-4-3-5-8-24)28(31)9-6-10-29(32)23(2)20-25-11-13-27(14-12-25)35-21-30(33)26-15-17-34-18-16-26/h3-5,7-8,11-14,22-23,26,28-29,31-32H,6,9-10,15-21H2,1-2H3. The number of ketones is 1. The summed E-state index contributed by atoms with van der Waals surface area (Å²) in [6.45, 7) is 5.57. The Hall–Kier alpha value is -2.21. The van der Waals surface area contributed by atoms with Crippen molar-refractivity contribution in [3.8, 4) is 5.75 Å². The van der Waals surface area contributed by atoms with Gasteiger partial charge >= 0.3 is 0 Å². The summed E-state index contributed by atoms with van der Waals surface area (Å²) in [6.07, 6.45) is 4.64. The van der Waals surface area contributed by atoms with E-state index in [2.05, 4.69) is 26.0 Å². The van der Waals surface area contributed by atoms with Crippen molar-refractivity contribution in [2.24, 2.45) is 17.8 Å². The van der Waals surface area contributed by atoms with Crippen molar-refractivity contribution < 1.29 is 24.5 Å². The highest BCUT2D eigenvalue weighted by Crippen LogP contribution is 2.22. The van der Waals surface area contributed by atoms with Crippen molar-refractivity contribution in [2.75, 3.05) is 19.8 Å². The summed E-state index contributed by atoms with van der Waals surface area (Å²) in [5, 5.41) is 21.2. The minimum Gasteiger partial charge on any atom is -0.486 e.